The van der Waals surface area contributed by atoms with Crippen molar-refractivity contribution in [2.75, 3.05) is 12.4 Å². The standard InChI is InChI=1S/C13H21NO2/c1-4-5-6-10(2)14-11-7-8-13(16-3)12(15)9-11/h7-10,14-15H,4-6H2,1-3H3. The average Bonchev–Trinajstić information content (AvgIpc) is 2.26. The Bertz CT molecular complexity index is 326. The lowest BCUT2D eigenvalue weighted by atomic mass is 10.1. The van der Waals surface area contributed by atoms with Crippen molar-refractivity contribution in [2.24, 2.45) is 0 Å². The van der Waals surface area contributed by atoms with E-state index in [2.05, 4.69) is 19.2 Å². The fourth-order valence-electron chi connectivity index (χ4n) is 1.65. The van der Waals surface area contributed by atoms with Gasteiger partial charge in [-0.2, -0.15) is 0 Å². The topological polar surface area (TPSA) is 41.5 Å². The minimum Gasteiger partial charge on any atom is -0.504 e. The number of anilines is 1. The number of aromatic hydroxyl groups is 1. The lowest BCUT2D eigenvalue weighted by molar-refractivity contribution is 0.373. The van der Waals surface area contributed by atoms with Crippen molar-refractivity contribution in [1.29, 1.82) is 0 Å². The molecule has 0 bridgehead atoms. The van der Waals surface area contributed by atoms with Crippen LogP contribution in [0.25, 0.3) is 0 Å². The SMILES string of the molecule is CCCCC(C)Nc1ccc(OC)c(O)c1. The highest BCUT2D eigenvalue weighted by Gasteiger charge is 2.05. The maximum Gasteiger partial charge on any atom is 0.160 e. The van der Waals surface area contributed by atoms with Gasteiger partial charge in [-0.15, -0.1) is 0 Å². The molecular formula is C13H21NO2. The second-order valence-electron chi connectivity index (χ2n) is 4.07. The molecular weight excluding hydrogens is 202 g/mol. The molecule has 3 nitrogen and oxygen atoms in total. The van der Waals surface area contributed by atoms with Crippen molar-refractivity contribution in [3.05, 3.63) is 18.2 Å². The van der Waals surface area contributed by atoms with Gasteiger partial charge in [-0.25, -0.2) is 0 Å². The number of hydrogen-bond donors (Lipinski definition) is 2. The highest BCUT2D eigenvalue weighted by atomic mass is 16.5. The van der Waals surface area contributed by atoms with Crippen LogP contribution in [0.3, 0.4) is 0 Å². The molecule has 1 aromatic carbocycles. The Kier molecular flexibility index (Phi) is 4.96. The summed E-state index contributed by atoms with van der Waals surface area (Å²) in [6, 6.07) is 5.81. The van der Waals surface area contributed by atoms with Crippen LogP contribution in [0.4, 0.5) is 5.69 Å². The first-order chi connectivity index (χ1) is 7.67. The van der Waals surface area contributed by atoms with E-state index in [1.807, 2.05) is 6.07 Å². The van der Waals surface area contributed by atoms with Crippen molar-refractivity contribution in [3.8, 4) is 11.5 Å². The summed E-state index contributed by atoms with van der Waals surface area (Å²) in [4.78, 5) is 0. The summed E-state index contributed by atoms with van der Waals surface area (Å²) in [7, 11) is 1.55. The largest absolute Gasteiger partial charge is 0.504 e. The first-order valence-electron chi connectivity index (χ1n) is 5.81. The van der Waals surface area contributed by atoms with E-state index in [0.717, 1.165) is 12.1 Å². The van der Waals surface area contributed by atoms with Crippen LogP contribution >= 0.6 is 0 Å². The van der Waals surface area contributed by atoms with Gasteiger partial charge < -0.3 is 15.2 Å². The molecule has 0 heterocycles. The van der Waals surface area contributed by atoms with Crippen LogP contribution in [0.2, 0.25) is 0 Å². The summed E-state index contributed by atoms with van der Waals surface area (Å²) in [6.45, 7) is 4.34. The average molecular weight is 223 g/mol. The molecule has 2 N–H and O–H groups in total. The van der Waals surface area contributed by atoms with Crippen LogP contribution in [0.15, 0.2) is 18.2 Å². The quantitative estimate of drug-likeness (QED) is 0.776. The minimum atomic E-state index is 0.176. The lowest BCUT2D eigenvalue weighted by Crippen LogP contribution is -2.14. The third-order valence-corrected chi connectivity index (χ3v) is 2.58. The summed E-state index contributed by atoms with van der Waals surface area (Å²) in [5, 5.41) is 13.0. The number of phenolic OH excluding ortho intramolecular Hbond substituents is 1. The molecule has 1 atom stereocenters. The van der Waals surface area contributed by atoms with Crippen molar-refractivity contribution < 1.29 is 9.84 Å². The Labute approximate surface area is 97.4 Å². The number of methoxy groups -OCH3 is 1. The monoisotopic (exact) mass is 223 g/mol. The molecule has 0 aromatic heterocycles. The van der Waals surface area contributed by atoms with Crippen LogP contribution in [-0.4, -0.2) is 18.3 Å². The Morgan fingerprint density at radius 2 is 2.19 bits per heavy atom. The van der Waals surface area contributed by atoms with Gasteiger partial charge in [0, 0.05) is 17.8 Å². The predicted octanol–water partition coefficient (Wildman–Crippen LogP) is 3.39. The van der Waals surface area contributed by atoms with Crippen LogP contribution in [0, 0.1) is 0 Å². The highest BCUT2D eigenvalue weighted by Crippen LogP contribution is 2.28. The van der Waals surface area contributed by atoms with Gasteiger partial charge in [0.15, 0.2) is 11.5 Å². The molecule has 0 aliphatic heterocycles. The van der Waals surface area contributed by atoms with Gasteiger partial charge in [0.1, 0.15) is 0 Å². The molecule has 16 heavy (non-hydrogen) atoms. The predicted molar refractivity (Wildman–Crippen MR) is 67.3 cm³/mol. The summed E-state index contributed by atoms with van der Waals surface area (Å²) in [6.07, 6.45) is 3.57. The fraction of sp³-hybridized carbons (Fsp3) is 0.538. The van der Waals surface area contributed by atoms with E-state index in [9.17, 15) is 5.11 Å². The van der Waals surface area contributed by atoms with Gasteiger partial charge >= 0.3 is 0 Å². The number of ether oxygens (including phenoxy) is 1. The van der Waals surface area contributed by atoms with Crippen molar-refractivity contribution in [3.63, 3.8) is 0 Å². The van der Waals surface area contributed by atoms with Crippen LogP contribution < -0.4 is 10.1 Å². The summed E-state index contributed by atoms with van der Waals surface area (Å²) < 4.78 is 4.99. The lowest BCUT2D eigenvalue weighted by Gasteiger charge is -2.15. The van der Waals surface area contributed by atoms with Gasteiger partial charge in [-0.1, -0.05) is 19.8 Å². The number of unbranched alkanes of at least 4 members (excludes halogenated alkanes) is 1. The zero-order chi connectivity index (χ0) is 12.0. The Morgan fingerprint density at radius 3 is 2.75 bits per heavy atom. The van der Waals surface area contributed by atoms with E-state index in [1.54, 1.807) is 19.2 Å². The molecule has 0 spiro atoms. The normalized spacial score (nSPS) is 12.2. The maximum atomic E-state index is 9.62. The van der Waals surface area contributed by atoms with Crippen LogP contribution in [0.5, 0.6) is 11.5 Å². The van der Waals surface area contributed by atoms with Gasteiger partial charge in [0.25, 0.3) is 0 Å². The number of benzene rings is 1. The highest BCUT2D eigenvalue weighted by molar-refractivity contribution is 5.54. The smallest absolute Gasteiger partial charge is 0.160 e. The van der Waals surface area contributed by atoms with Gasteiger partial charge in [0.05, 0.1) is 7.11 Å². The van der Waals surface area contributed by atoms with Gasteiger partial charge in [-0.05, 0) is 25.5 Å². The fourth-order valence-corrected chi connectivity index (χ4v) is 1.65. The molecule has 1 unspecified atom stereocenters. The van der Waals surface area contributed by atoms with E-state index in [4.69, 9.17) is 4.74 Å². The van der Waals surface area contributed by atoms with E-state index < -0.39 is 0 Å². The molecule has 3 heteroatoms. The van der Waals surface area contributed by atoms with E-state index in [1.165, 1.54) is 12.8 Å². The molecule has 0 aliphatic rings. The molecule has 90 valence electrons. The first kappa shape index (κ1) is 12.7. The van der Waals surface area contributed by atoms with Crippen molar-refractivity contribution in [2.45, 2.75) is 39.2 Å². The zero-order valence-electron chi connectivity index (χ0n) is 10.3. The molecule has 0 saturated carbocycles. The Balaban J connectivity index is 2.57. The minimum absolute atomic E-state index is 0.176. The molecule has 0 fully saturated rings. The van der Waals surface area contributed by atoms with Crippen molar-refractivity contribution in [1.82, 2.24) is 0 Å². The molecule has 0 saturated heterocycles. The third-order valence-electron chi connectivity index (χ3n) is 2.58. The Hall–Kier alpha value is -1.38. The second kappa shape index (κ2) is 6.26. The molecule has 0 radical (unpaired) electrons. The molecule has 0 aliphatic carbocycles. The first-order valence-corrected chi connectivity index (χ1v) is 5.81. The van der Waals surface area contributed by atoms with E-state index in [0.29, 0.717) is 11.8 Å². The number of nitrogens with one attached hydrogen (secondary N) is 1. The molecule has 1 rings (SSSR count). The number of hydrogen-bond acceptors (Lipinski definition) is 3. The molecule has 0 amide bonds. The summed E-state index contributed by atoms with van der Waals surface area (Å²) >= 11 is 0. The zero-order valence-corrected chi connectivity index (χ0v) is 10.3. The van der Waals surface area contributed by atoms with Crippen LogP contribution in [0.1, 0.15) is 33.1 Å². The van der Waals surface area contributed by atoms with Gasteiger partial charge in [0.2, 0.25) is 0 Å². The second-order valence-corrected chi connectivity index (χ2v) is 4.07. The number of phenols is 1. The Morgan fingerprint density at radius 1 is 1.44 bits per heavy atom. The van der Waals surface area contributed by atoms with E-state index >= 15 is 0 Å². The summed E-state index contributed by atoms with van der Waals surface area (Å²) in [5.41, 5.74) is 0.932. The maximum absolute atomic E-state index is 9.62. The third kappa shape index (κ3) is 3.65. The van der Waals surface area contributed by atoms with Crippen molar-refractivity contribution >= 4 is 5.69 Å². The summed E-state index contributed by atoms with van der Waals surface area (Å²) in [5.74, 6) is 0.682. The van der Waals surface area contributed by atoms with Crippen LogP contribution in [-0.2, 0) is 0 Å². The van der Waals surface area contributed by atoms with E-state index in [-0.39, 0.29) is 5.75 Å². The molecule has 1 aromatic rings. The number of rotatable bonds is 6. The van der Waals surface area contributed by atoms with Gasteiger partial charge in [-0.3, -0.25) is 0 Å².